The summed E-state index contributed by atoms with van der Waals surface area (Å²) in [6.07, 6.45) is 0.319. The molecule has 1 atom stereocenters. The predicted molar refractivity (Wildman–Crippen MR) is 156 cm³/mol. The molecule has 0 radical (unpaired) electrons. The zero-order valence-electron chi connectivity index (χ0n) is 21.4. The van der Waals surface area contributed by atoms with Crippen molar-refractivity contribution in [3.8, 4) is 0 Å². The van der Waals surface area contributed by atoms with Crippen LogP contribution in [-0.2, 0) is 28.3 Å². The summed E-state index contributed by atoms with van der Waals surface area (Å²) in [6, 6.07) is 18.4. The number of thioether (sulfide) groups is 1. The van der Waals surface area contributed by atoms with E-state index in [1.807, 2.05) is 51.1 Å². The largest absolute Gasteiger partial charge is 0.350 e. The van der Waals surface area contributed by atoms with Gasteiger partial charge in [-0.1, -0.05) is 77.3 Å². The Balaban J connectivity index is 1.91. The summed E-state index contributed by atoms with van der Waals surface area (Å²) in [5.74, 6) is -0.706. The lowest BCUT2D eigenvalue weighted by molar-refractivity contribution is -0.140. The molecule has 1 N–H and O–H groups in total. The first-order valence-electron chi connectivity index (χ1n) is 12.0. The second-order valence-electron chi connectivity index (χ2n) is 9.91. The van der Waals surface area contributed by atoms with Crippen LogP contribution in [0.2, 0.25) is 15.1 Å². The molecule has 3 aromatic rings. The molecule has 0 aromatic heterocycles. The minimum Gasteiger partial charge on any atom is -0.350 e. The summed E-state index contributed by atoms with van der Waals surface area (Å²) >= 11 is 19.8. The minimum atomic E-state index is -0.795. The first kappa shape index (κ1) is 30.3. The first-order chi connectivity index (χ1) is 17.9. The van der Waals surface area contributed by atoms with Gasteiger partial charge in [0, 0.05) is 34.8 Å². The maximum Gasteiger partial charge on any atom is 0.243 e. The fourth-order valence-corrected chi connectivity index (χ4v) is 5.40. The van der Waals surface area contributed by atoms with Crippen LogP contribution in [0, 0.1) is 5.82 Å². The van der Waals surface area contributed by atoms with Gasteiger partial charge in [0.2, 0.25) is 11.8 Å². The zero-order valence-corrected chi connectivity index (χ0v) is 24.5. The maximum atomic E-state index is 14.3. The van der Waals surface area contributed by atoms with Crippen LogP contribution in [0.3, 0.4) is 0 Å². The predicted octanol–water partition coefficient (Wildman–Crippen LogP) is 7.57. The Hall–Kier alpha value is -2.25. The number of nitrogens with zero attached hydrogens (tertiary/aromatic N) is 1. The third kappa shape index (κ3) is 8.91. The van der Waals surface area contributed by atoms with Crippen LogP contribution in [0.1, 0.15) is 37.5 Å². The Bertz CT molecular complexity index is 1250. The van der Waals surface area contributed by atoms with Crippen LogP contribution in [0.4, 0.5) is 4.39 Å². The van der Waals surface area contributed by atoms with Gasteiger partial charge in [0.05, 0.1) is 15.8 Å². The Morgan fingerprint density at radius 1 is 0.921 bits per heavy atom. The van der Waals surface area contributed by atoms with E-state index < -0.39 is 17.4 Å². The molecule has 3 aromatic carbocycles. The molecular formula is C29H30Cl3FN2O2S. The van der Waals surface area contributed by atoms with E-state index in [0.717, 1.165) is 11.1 Å². The van der Waals surface area contributed by atoms with Crippen molar-refractivity contribution in [3.05, 3.63) is 104 Å². The number of carbonyl (C=O) groups is 2. The van der Waals surface area contributed by atoms with E-state index in [2.05, 4.69) is 5.32 Å². The van der Waals surface area contributed by atoms with Crippen molar-refractivity contribution in [2.24, 2.45) is 0 Å². The fourth-order valence-electron chi connectivity index (χ4n) is 3.84. The third-order valence-electron chi connectivity index (χ3n) is 5.64. The highest BCUT2D eigenvalue weighted by Gasteiger charge is 2.32. The Labute approximate surface area is 242 Å². The molecule has 0 heterocycles. The van der Waals surface area contributed by atoms with Crippen molar-refractivity contribution in [3.63, 3.8) is 0 Å². The monoisotopic (exact) mass is 594 g/mol. The average Bonchev–Trinajstić information content (AvgIpc) is 2.84. The number of rotatable bonds is 10. The van der Waals surface area contributed by atoms with E-state index in [0.29, 0.717) is 27.1 Å². The number of hydrogen-bond acceptors (Lipinski definition) is 3. The molecule has 4 nitrogen and oxygen atoms in total. The molecule has 0 saturated heterocycles. The van der Waals surface area contributed by atoms with Crippen molar-refractivity contribution < 1.29 is 14.0 Å². The van der Waals surface area contributed by atoms with Gasteiger partial charge in [-0.25, -0.2) is 4.39 Å². The average molecular weight is 596 g/mol. The van der Waals surface area contributed by atoms with Crippen molar-refractivity contribution >= 4 is 58.4 Å². The van der Waals surface area contributed by atoms with E-state index >= 15 is 0 Å². The summed E-state index contributed by atoms with van der Waals surface area (Å²) in [7, 11) is 0. The van der Waals surface area contributed by atoms with E-state index in [4.69, 9.17) is 34.8 Å². The van der Waals surface area contributed by atoms with Gasteiger partial charge in [0.25, 0.3) is 0 Å². The number of nitrogens with one attached hydrogen (secondary N) is 1. The first-order valence-corrected chi connectivity index (χ1v) is 14.3. The van der Waals surface area contributed by atoms with Crippen LogP contribution >= 0.6 is 46.6 Å². The number of halogens is 4. The number of carbonyl (C=O) groups excluding carboxylic acids is 2. The van der Waals surface area contributed by atoms with Gasteiger partial charge in [-0.2, -0.15) is 0 Å². The highest BCUT2D eigenvalue weighted by Crippen LogP contribution is 2.27. The lowest BCUT2D eigenvalue weighted by Gasteiger charge is -2.34. The molecule has 0 aliphatic carbocycles. The SMILES string of the molecule is CC(C)(C)NC(=O)C(Cc1ccccc1)N(Cc1ccc(Cl)c(Cl)c1)C(=O)CSCc1c(F)cccc1Cl. The second-order valence-corrected chi connectivity index (χ2v) is 12.1. The van der Waals surface area contributed by atoms with Crippen LogP contribution < -0.4 is 5.32 Å². The van der Waals surface area contributed by atoms with E-state index in [-0.39, 0.29) is 29.9 Å². The summed E-state index contributed by atoms with van der Waals surface area (Å²) in [5.41, 5.74) is 1.49. The molecule has 0 spiro atoms. The van der Waals surface area contributed by atoms with Gasteiger partial charge >= 0.3 is 0 Å². The number of hydrogen-bond donors (Lipinski definition) is 1. The molecule has 0 saturated carbocycles. The van der Waals surface area contributed by atoms with Crippen LogP contribution in [-0.4, -0.2) is 34.0 Å². The van der Waals surface area contributed by atoms with Gasteiger partial charge in [0.1, 0.15) is 11.9 Å². The van der Waals surface area contributed by atoms with E-state index in [1.165, 1.54) is 23.9 Å². The van der Waals surface area contributed by atoms with Crippen LogP contribution in [0.15, 0.2) is 66.7 Å². The van der Waals surface area contributed by atoms with E-state index in [9.17, 15) is 14.0 Å². The van der Waals surface area contributed by atoms with Crippen molar-refractivity contribution in [2.75, 3.05) is 5.75 Å². The fraction of sp³-hybridized carbons (Fsp3) is 0.310. The lowest BCUT2D eigenvalue weighted by Crippen LogP contribution is -2.54. The Morgan fingerprint density at radius 2 is 1.63 bits per heavy atom. The normalized spacial score (nSPS) is 12.2. The Morgan fingerprint density at radius 3 is 2.26 bits per heavy atom. The molecule has 9 heteroatoms. The molecule has 0 aliphatic rings. The van der Waals surface area contributed by atoms with Crippen LogP contribution in [0.5, 0.6) is 0 Å². The molecule has 1 unspecified atom stereocenters. The summed E-state index contributed by atoms with van der Waals surface area (Å²) in [5, 5.41) is 4.09. The zero-order chi connectivity index (χ0) is 27.9. The molecule has 0 aliphatic heterocycles. The molecule has 3 rings (SSSR count). The summed E-state index contributed by atoms with van der Waals surface area (Å²) < 4.78 is 14.3. The minimum absolute atomic E-state index is 0.0278. The summed E-state index contributed by atoms with van der Waals surface area (Å²) in [4.78, 5) is 28.8. The lowest BCUT2D eigenvalue weighted by atomic mass is 10.0. The highest BCUT2D eigenvalue weighted by atomic mass is 35.5. The van der Waals surface area contributed by atoms with Gasteiger partial charge in [-0.15, -0.1) is 11.8 Å². The van der Waals surface area contributed by atoms with Crippen LogP contribution in [0.25, 0.3) is 0 Å². The van der Waals surface area contributed by atoms with Gasteiger partial charge in [-0.05, 0) is 56.2 Å². The molecule has 2 amide bonds. The van der Waals surface area contributed by atoms with Crippen molar-refractivity contribution in [2.45, 2.75) is 51.1 Å². The van der Waals surface area contributed by atoms with Crippen molar-refractivity contribution in [1.29, 1.82) is 0 Å². The number of benzene rings is 3. The number of amides is 2. The molecule has 38 heavy (non-hydrogen) atoms. The maximum absolute atomic E-state index is 14.3. The van der Waals surface area contributed by atoms with Gasteiger partial charge in [-0.3, -0.25) is 9.59 Å². The quantitative estimate of drug-likeness (QED) is 0.263. The third-order valence-corrected chi connectivity index (χ3v) is 7.68. The van der Waals surface area contributed by atoms with Gasteiger partial charge < -0.3 is 10.2 Å². The molecule has 0 fully saturated rings. The molecule has 202 valence electrons. The topological polar surface area (TPSA) is 49.4 Å². The van der Waals surface area contributed by atoms with Crippen molar-refractivity contribution in [1.82, 2.24) is 10.2 Å². The van der Waals surface area contributed by atoms with Gasteiger partial charge in [0.15, 0.2) is 0 Å². The molecule has 0 bridgehead atoms. The van der Waals surface area contributed by atoms with E-state index in [1.54, 1.807) is 29.2 Å². The standard InChI is InChI=1S/C29H30Cl3FN2O2S/c1-29(2,3)34-28(37)26(15-19-8-5-4-6-9-19)35(16-20-12-13-23(31)24(32)14-20)27(36)18-38-17-21-22(30)10-7-11-25(21)33/h4-14,26H,15-18H2,1-3H3,(H,34,37). The molecular weight excluding hydrogens is 566 g/mol. The Kier molecular flexibility index (Phi) is 10.9. The smallest absolute Gasteiger partial charge is 0.243 e. The highest BCUT2D eigenvalue weighted by molar-refractivity contribution is 7.99. The summed E-state index contributed by atoms with van der Waals surface area (Å²) in [6.45, 7) is 5.82. The second kappa shape index (κ2) is 13.7.